The summed E-state index contributed by atoms with van der Waals surface area (Å²) in [5.74, 6) is 0.694. The van der Waals surface area contributed by atoms with E-state index < -0.39 is 0 Å². The largest absolute Gasteiger partial charge is 0.382 e. The van der Waals surface area contributed by atoms with E-state index in [-0.39, 0.29) is 0 Å². The number of ether oxygens (including phenoxy) is 3. The molecule has 2 atom stereocenters. The predicted molar refractivity (Wildman–Crippen MR) is 75.1 cm³/mol. The van der Waals surface area contributed by atoms with Crippen LogP contribution in [0.5, 0.6) is 0 Å². The molecular weight excluding hydrogens is 230 g/mol. The topological polar surface area (TPSA) is 39.7 Å². The maximum absolute atomic E-state index is 5.58. The van der Waals surface area contributed by atoms with Gasteiger partial charge in [-0.05, 0) is 25.8 Å². The van der Waals surface area contributed by atoms with E-state index in [1.54, 1.807) is 7.11 Å². The standard InChI is InChI=1S/C14H31NO3/c1-5-14(13(3)15-6-2)7-8-17-11-12-18-10-9-16-4/h13-15H,5-12H2,1-4H3. The molecule has 0 aromatic rings. The highest BCUT2D eigenvalue weighted by molar-refractivity contribution is 4.70. The summed E-state index contributed by atoms with van der Waals surface area (Å²) in [6, 6.07) is 0.571. The van der Waals surface area contributed by atoms with Crippen molar-refractivity contribution < 1.29 is 14.2 Å². The number of hydrogen-bond donors (Lipinski definition) is 1. The lowest BCUT2D eigenvalue weighted by Gasteiger charge is -2.23. The molecule has 0 spiro atoms. The molecule has 0 amide bonds. The predicted octanol–water partition coefficient (Wildman–Crippen LogP) is 2.08. The summed E-state index contributed by atoms with van der Waals surface area (Å²) >= 11 is 0. The highest BCUT2D eigenvalue weighted by atomic mass is 16.5. The Morgan fingerprint density at radius 3 is 2.11 bits per heavy atom. The molecule has 0 aromatic heterocycles. The second-order valence-corrected chi connectivity index (χ2v) is 4.52. The molecule has 0 rings (SSSR count). The molecule has 0 aliphatic heterocycles. The van der Waals surface area contributed by atoms with Crippen molar-refractivity contribution in [1.29, 1.82) is 0 Å². The summed E-state index contributed by atoms with van der Waals surface area (Å²) in [6.45, 7) is 11.1. The van der Waals surface area contributed by atoms with E-state index in [0.29, 0.717) is 38.4 Å². The van der Waals surface area contributed by atoms with Crippen LogP contribution in [0.4, 0.5) is 0 Å². The average molecular weight is 261 g/mol. The van der Waals surface area contributed by atoms with Gasteiger partial charge in [-0.1, -0.05) is 20.3 Å². The van der Waals surface area contributed by atoms with Crippen LogP contribution in [0.15, 0.2) is 0 Å². The van der Waals surface area contributed by atoms with Crippen LogP contribution in [0.2, 0.25) is 0 Å². The Bertz CT molecular complexity index is 167. The lowest BCUT2D eigenvalue weighted by molar-refractivity contribution is 0.0209. The van der Waals surface area contributed by atoms with Crippen molar-refractivity contribution in [3.63, 3.8) is 0 Å². The zero-order valence-electron chi connectivity index (χ0n) is 12.5. The summed E-state index contributed by atoms with van der Waals surface area (Å²) in [4.78, 5) is 0. The highest BCUT2D eigenvalue weighted by Crippen LogP contribution is 2.13. The van der Waals surface area contributed by atoms with Crippen molar-refractivity contribution in [2.45, 2.75) is 39.7 Å². The fourth-order valence-electron chi connectivity index (χ4n) is 2.00. The van der Waals surface area contributed by atoms with Crippen LogP contribution in [-0.4, -0.2) is 52.7 Å². The third-order valence-electron chi connectivity index (χ3n) is 3.19. The first-order valence-corrected chi connectivity index (χ1v) is 7.14. The van der Waals surface area contributed by atoms with E-state index in [0.717, 1.165) is 19.6 Å². The first kappa shape index (κ1) is 17.8. The summed E-state index contributed by atoms with van der Waals surface area (Å²) < 4.78 is 15.8. The Morgan fingerprint density at radius 1 is 0.944 bits per heavy atom. The average Bonchev–Trinajstić information content (AvgIpc) is 2.37. The zero-order valence-corrected chi connectivity index (χ0v) is 12.5. The van der Waals surface area contributed by atoms with Crippen molar-refractivity contribution >= 4 is 0 Å². The smallest absolute Gasteiger partial charge is 0.0701 e. The van der Waals surface area contributed by atoms with Gasteiger partial charge >= 0.3 is 0 Å². The molecule has 0 saturated heterocycles. The quantitative estimate of drug-likeness (QED) is 0.515. The van der Waals surface area contributed by atoms with Gasteiger partial charge in [-0.15, -0.1) is 0 Å². The molecule has 0 bridgehead atoms. The molecule has 0 aliphatic rings. The van der Waals surface area contributed by atoms with Gasteiger partial charge in [0.2, 0.25) is 0 Å². The summed E-state index contributed by atoms with van der Waals surface area (Å²) in [5, 5.41) is 3.48. The fourth-order valence-corrected chi connectivity index (χ4v) is 2.00. The van der Waals surface area contributed by atoms with E-state index >= 15 is 0 Å². The van der Waals surface area contributed by atoms with Gasteiger partial charge in [-0.3, -0.25) is 0 Å². The first-order chi connectivity index (χ1) is 8.76. The Hall–Kier alpha value is -0.160. The van der Waals surface area contributed by atoms with E-state index in [2.05, 4.69) is 26.1 Å². The van der Waals surface area contributed by atoms with Gasteiger partial charge < -0.3 is 19.5 Å². The van der Waals surface area contributed by atoms with E-state index in [4.69, 9.17) is 14.2 Å². The second kappa shape index (κ2) is 13.3. The molecule has 0 radical (unpaired) electrons. The molecule has 0 fully saturated rings. The molecule has 0 aliphatic carbocycles. The number of hydrogen-bond acceptors (Lipinski definition) is 4. The number of methoxy groups -OCH3 is 1. The lowest BCUT2D eigenvalue weighted by Crippen LogP contribution is -2.33. The minimum Gasteiger partial charge on any atom is -0.382 e. The Morgan fingerprint density at radius 2 is 1.56 bits per heavy atom. The van der Waals surface area contributed by atoms with Crippen LogP contribution >= 0.6 is 0 Å². The molecule has 0 saturated carbocycles. The van der Waals surface area contributed by atoms with Gasteiger partial charge in [0.25, 0.3) is 0 Å². The monoisotopic (exact) mass is 261 g/mol. The molecule has 18 heavy (non-hydrogen) atoms. The van der Waals surface area contributed by atoms with Crippen LogP contribution in [0.1, 0.15) is 33.6 Å². The fraction of sp³-hybridized carbons (Fsp3) is 1.00. The lowest BCUT2D eigenvalue weighted by atomic mass is 9.95. The Kier molecular flexibility index (Phi) is 13.2. The van der Waals surface area contributed by atoms with Crippen LogP contribution in [0.3, 0.4) is 0 Å². The van der Waals surface area contributed by atoms with Crippen molar-refractivity contribution in [3.8, 4) is 0 Å². The number of nitrogens with one attached hydrogen (secondary N) is 1. The molecule has 0 heterocycles. The van der Waals surface area contributed by atoms with Gasteiger partial charge in [0.15, 0.2) is 0 Å². The molecule has 4 heteroatoms. The summed E-state index contributed by atoms with van der Waals surface area (Å²) in [5.41, 5.74) is 0. The van der Waals surface area contributed by atoms with Gasteiger partial charge in [0.1, 0.15) is 0 Å². The minimum absolute atomic E-state index is 0.571. The molecule has 1 N–H and O–H groups in total. The third kappa shape index (κ3) is 9.83. The molecule has 4 nitrogen and oxygen atoms in total. The van der Waals surface area contributed by atoms with Crippen LogP contribution < -0.4 is 5.32 Å². The molecule has 110 valence electrons. The van der Waals surface area contributed by atoms with E-state index in [1.165, 1.54) is 6.42 Å². The van der Waals surface area contributed by atoms with E-state index in [9.17, 15) is 0 Å². The van der Waals surface area contributed by atoms with Crippen LogP contribution in [0.25, 0.3) is 0 Å². The first-order valence-electron chi connectivity index (χ1n) is 7.14. The van der Waals surface area contributed by atoms with Crippen molar-refractivity contribution in [1.82, 2.24) is 5.32 Å². The number of rotatable bonds is 13. The van der Waals surface area contributed by atoms with Crippen molar-refractivity contribution in [3.05, 3.63) is 0 Å². The van der Waals surface area contributed by atoms with Crippen molar-refractivity contribution in [2.24, 2.45) is 5.92 Å². The van der Waals surface area contributed by atoms with Crippen LogP contribution in [0, 0.1) is 5.92 Å². The Balaban J connectivity index is 3.39. The SMILES string of the molecule is CCNC(C)C(CC)CCOCCOCCOC. The highest BCUT2D eigenvalue weighted by Gasteiger charge is 2.13. The minimum atomic E-state index is 0.571. The Labute approximate surface area is 112 Å². The van der Waals surface area contributed by atoms with Gasteiger partial charge in [-0.25, -0.2) is 0 Å². The van der Waals surface area contributed by atoms with Gasteiger partial charge in [0, 0.05) is 19.8 Å². The normalized spacial score (nSPS) is 14.7. The molecular formula is C14H31NO3. The summed E-state index contributed by atoms with van der Waals surface area (Å²) in [7, 11) is 1.68. The molecule has 2 unspecified atom stereocenters. The molecule has 0 aromatic carbocycles. The van der Waals surface area contributed by atoms with Crippen LogP contribution in [-0.2, 0) is 14.2 Å². The van der Waals surface area contributed by atoms with Gasteiger partial charge in [0.05, 0.1) is 26.4 Å². The maximum atomic E-state index is 5.58. The maximum Gasteiger partial charge on any atom is 0.0701 e. The third-order valence-corrected chi connectivity index (χ3v) is 3.19. The second-order valence-electron chi connectivity index (χ2n) is 4.52. The van der Waals surface area contributed by atoms with Crippen molar-refractivity contribution in [2.75, 3.05) is 46.7 Å². The van der Waals surface area contributed by atoms with E-state index in [1.807, 2.05) is 0 Å². The summed E-state index contributed by atoms with van der Waals surface area (Å²) in [6.07, 6.45) is 2.31. The van der Waals surface area contributed by atoms with Gasteiger partial charge in [-0.2, -0.15) is 0 Å². The zero-order chi connectivity index (χ0) is 13.6.